The Bertz CT molecular complexity index is 980. The number of halogens is 2. The first-order chi connectivity index (χ1) is 13.8. The molecule has 29 heavy (non-hydrogen) atoms. The predicted octanol–water partition coefficient (Wildman–Crippen LogP) is 4.18. The van der Waals surface area contributed by atoms with Crippen LogP contribution >= 0.6 is 23.2 Å². The Morgan fingerprint density at radius 3 is 2.55 bits per heavy atom. The van der Waals surface area contributed by atoms with Gasteiger partial charge < -0.3 is 10.1 Å². The summed E-state index contributed by atoms with van der Waals surface area (Å²) < 4.78 is 32.0. The van der Waals surface area contributed by atoms with E-state index in [1.165, 1.54) is 11.4 Å². The molecule has 1 aliphatic rings. The largest absolute Gasteiger partial charge is 0.469 e. The lowest BCUT2D eigenvalue weighted by Gasteiger charge is -2.30. The average molecular weight is 457 g/mol. The molecule has 2 aromatic carbocycles. The minimum absolute atomic E-state index is 0.145. The first kappa shape index (κ1) is 21.9. The first-order valence-corrected chi connectivity index (χ1v) is 11.4. The van der Waals surface area contributed by atoms with E-state index in [4.69, 9.17) is 27.9 Å². The van der Waals surface area contributed by atoms with E-state index < -0.39 is 15.9 Å². The van der Waals surface area contributed by atoms with Crippen LogP contribution in [0.4, 0.5) is 5.69 Å². The van der Waals surface area contributed by atoms with Crippen molar-refractivity contribution in [3.05, 3.63) is 58.1 Å². The number of ether oxygens (including phenoxy) is 1. The van der Waals surface area contributed by atoms with Crippen LogP contribution in [-0.4, -0.2) is 38.9 Å². The molecule has 1 atom stereocenters. The van der Waals surface area contributed by atoms with Crippen molar-refractivity contribution in [2.45, 2.75) is 24.3 Å². The topological polar surface area (TPSA) is 75.7 Å². The van der Waals surface area contributed by atoms with E-state index in [-0.39, 0.29) is 17.4 Å². The number of carbonyl (C=O) groups excluding carboxylic acids is 1. The highest BCUT2D eigenvalue weighted by Gasteiger charge is 2.33. The van der Waals surface area contributed by atoms with Gasteiger partial charge in [0.15, 0.2) is 0 Å². The molecule has 0 aromatic heterocycles. The van der Waals surface area contributed by atoms with Crippen molar-refractivity contribution >= 4 is 44.9 Å². The number of rotatable bonds is 6. The van der Waals surface area contributed by atoms with Crippen LogP contribution in [0.5, 0.6) is 0 Å². The van der Waals surface area contributed by atoms with Crippen LogP contribution in [0.3, 0.4) is 0 Å². The molecule has 3 rings (SSSR count). The molecule has 0 saturated carbocycles. The highest BCUT2D eigenvalue weighted by molar-refractivity contribution is 7.89. The van der Waals surface area contributed by atoms with E-state index in [2.05, 4.69) is 5.32 Å². The Balaban J connectivity index is 1.66. The normalized spacial score (nSPS) is 17.7. The summed E-state index contributed by atoms with van der Waals surface area (Å²) >= 11 is 11.9. The molecule has 9 heteroatoms. The predicted molar refractivity (Wildman–Crippen MR) is 114 cm³/mol. The maximum absolute atomic E-state index is 12.9. The number of esters is 1. The van der Waals surface area contributed by atoms with E-state index in [1.807, 2.05) is 6.07 Å². The van der Waals surface area contributed by atoms with Gasteiger partial charge in [0.05, 0.1) is 28.0 Å². The molecule has 0 radical (unpaired) electrons. The minimum Gasteiger partial charge on any atom is -0.469 e. The van der Waals surface area contributed by atoms with Crippen LogP contribution in [0.25, 0.3) is 0 Å². The molecule has 0 amide bonds. The summed E-state index contributed by atoms with van der Waals surface area (Å²) in [6, 6.07) is 11.9. The fraction of sp³-hybridized carbons (Fsp3) is 0.350. The van der Waals surface area contributed by atoms with E-state index in [1.54, 1.807) is 36.4 Å². The average Bonchev–Trinajstić information content (AvgIpc) is 2.74. The molecule has 2 aromatic rings. The van der Waals surface area contributed by atoms with Gasteiger partial charge in [-0.2, -0.15) is 4.31 Å². The minimum atomic E-state index is -3.67. The summed E-state index contributed by atoms with van der Waals surface area (Å²) in [5.74, 6) is -0.789. The Labute approximate surface area is 180 Å². The Kier molecular flexibility index (Phi) is 7.05. The van der Waals surface area contributed by atoms with Crippen LogP contribution in [-0.2, 0) is 26.1 Å². The fourth-order valence-corrected chi connectivity index (χ4v) is 5.11. The summed E-state index contributed by atoms with van der Waals surface area (Å²) in [5.41, 5.74) is 1.74. The third-order valence-electron chi connectivity index (χ3n) is 4.89. The number of nitrogens with one attached hydrogen (secondary N) is 1. The number of methoxy groups -OCH3 is 1. The van der Waals surface area contributed by atoms with Crippen LogP contribution in [0, 0.1) is 5.92 Å². The van der Waals surface area contributed by atoms with Crippen molar-refractivity contribution < 1.29 is 17.9 Å². The van der Waals surface area contributed by atoms with E-state index in [0.717, 1.165) is 11.3 Å². The van der Waals surface area contributed by atoms with E-state index >= 15 is 0 Å². The van der Waals surface area contributed by atoms with Gasteiger partial charge in [0.2, 0.25) is 10.0 Å². The Hall–Kier alpha value is -1.80. The monoisotopic (exact) mass is 456 g/mol. The highest BCUT2D eigenvalue weighted by atomic mass is 35.5. The standard InChI is InChI=1S/C20H22Cl2N2O4S/c1-28-20(25)15-3-2-10-24(13-15)29(26,27)17-7-5-16(6-8-17)23-12-14-4-9-18(21)19(22)11-14/h4-9,11,15,23H,2-3,10,12-13H2,1H3/t15-/m1/s1. The molecule has 0 bridgehead atoms. The smallest absolute Gasteiger partial charge is 0.309 e. The first-order valence-electron chi connectivity index (χ1n) is 9.17. The van der Waals surface area contributed by atoms with Gasteiger partial charge in [-0.25, -0.2) is 8.42 Å². The fourth-order valence-electron chi connectivity index (χ4n) is 3.27. The van der Waals surface area contributed by atoms with Crippen molar-refractivity contribution in [2.75, 3.05) is 25.5 Å². The van der Waals surface area contributed by atoms with Crippen LogP contribution < -0.4 is 5.32 Å². The van der Waals surface area contributed by atoms with Gasteiger partial charge in [-0.15, -0.1) is 0 Å². The summed E-state index contributed by atoms with van der Waals surface area (Å²) in [6.45, 7) is 1.06. The van der Waals surface area contributed by atoms with Gasteiger partial charge in [0, 0.05) is 25.3 Å². The second-order valence-electron chi connectivity index (χ2n) is 6.85. The van der Waals surface area contributed by atoms with Gasteiger partial charge in [-0.05, 0) is 54.8 Å². The zero-order valence-corrected chi connectivity index (χ0v) is 18.2. The van der Waals surface area contributed by atoms with Crippen molar-refractivity contribution in [1.82, 2.24) is 4.31 Å². The van der Waals surface area contributed by atoms with Gasteiger partial charge in [-0.3, -0.25) is 4.79 Å². The lowest BCUT2D eigenvalue weighted by molar-refractivity contribution is -0.146. The lowest BCUT2D eigenvalue weighted by atomic mass is 10.0. The molecule has 1 aliphatic heterocycles. The molecule has 1 fully saturated rings. The summed E-state index contributed by atoms with van der Waals surface area (Å²) in [7, 11) is -2.35. The third kappa shape index (κ3) is 5.22. The molecule has 1 saturated heterocycles. The summed E-state index contributed by atoms with van der Waals surface area (Å²) in [5, 5.41) is 4.21. The zero-order chi connectivity index (χ0) is 21.0. The maximum Gasteiger partial charge on any atom is 0.309 e. The van der Waals surface area contributed by atoms with E-state index in [9.17, 15) is 13.2 Å². The third-order valence-corrected chi connectivity index (χ3v) is 7.51. The number of anilines is 1. The van der Waals surface area contributed by atoms with Crippen LogP contribution in [0.2, 0.25) is 10.0 Å². The van der Waals surface area contributed by atoms with Gasteiger partial charge in [-0.1, -0.05) is 29.3 Å². The second kappa shape index (κ2) is 9.34. The highest BCUT2D eigenvalue weighted by Crippen LogP contribution is 2.26. The summed E-state index contributed by atoms with van der Waals surface area (Å²) in [6.07, 6.45) is 1.26. The number of hydrogen-bond donors (Lipinski definition) is 1. The number of hydrogen-bond acceptors (Lipinski definition) is 5. The summed E-state index contributed by atoms with van der Waals surface area (Å²) in [4.78, 5) is 12.0. The number of nitrogens with zero attached hydrogens (tertiary/aromatic N) is 1. The molecular weight excluding hydrogens is 435 g/mol. The number of carbonyl (C=O) groups is 1. The van der Waals surface area contributed by atoms with Crippen LogP contribution in [0.1, 0.15) is 18.4 Å². The zero-order valence-electron chi connectivity index (χ0n) is 15.9. The number of piperidine rings is 1. The van der Waals surface area contributed by atoms with Crippen molar-refractivity contribution in [1.29, 1.82) is 0 Å². The molecular formula is C20H22Cl2N2O4S. The van der Waals surface area contributed by atoms with Crippen LogP contribution in [0.15, 0.2) is 47.4 Å². The number of sulfonamides is 1. The van der Waals surface area contributed by atoms with Gasteiger partial charge in [0.25, 0.3) is 0 Å². The van der Waals surface area contributed by atoms with Gasteiger partial charge >= 0.3 is 5.97 Å². The number of benzene rings is 2. The molecule has 1 heterocycles. The maximum atomic E-state index is 12.9. The second-order valence-corrected chi connectivity index (χ2v) is 9.60. The quantitative estimate of drug-likeness (QED) is 0.659. The van der Waals surface area contributed by atoms with Crippen molar-refractivity contribution in [2.24, 2.45) is 5.92 Å². The van der Waals surface area contributed by atoms with Crippen molar-refractivity contribution in [3.63, 3.8) is 0 Å². The molecule has 0 spiro atoms. The lowest BCUT2D eigenvalue weighted by Crippen LogP contribution is -2.42. The SMILES string of the molecule is COC(=O)[C@@H]1CCCN(S(=O)(=O)c2ccc(NCc3ccc(Cl)c(Cl)c3)cc2)C1. The molecule has 0 unspecified atom stereocenters. The molecule has 6 nitrogen and oxygen atoms in total. The Morgan fingerprint density at radius 2 is 1.90 bits per heavy atom. The van der Waals surface area contributed by atoms with E-state index in [0.29, 0.717) is 36.0 Å². The Morgan fingerprint density at radius 1 is 1.17 bits per heavy atom. The molecule has 0 aliphatic carbocycles. The molecule has 1 N–H and O–H groups in total. The van der Waals surface area contributed by atoms with Gasteiger partial charge in [0.1, 0.15) is 0 Å². The molecule has 156 valence electrons. The van der Waals surface area contributed by atoms with Crippen molar-refractivity contribution in [3.8, 4) is 0 Å².